The van der Waals surface area contributed by atoms with Crippen LogP contribution in [0.5, 0.6) is 5.75 Å². The van der Waals surface area contributed by atoms with Gasteiger partial charge in [-0.1, -0.05) is 47.5 Å². The minimum atomic E-state index is -0.415. The van der Waals surface area contributed by atoms with Crippen LogP contribution in [0.2, 0.25) is 0 Å². The van der Waals surface area contributed by atoms with Crippen LogP contribution in [0.4, 0.5) is 0 Å². The molecule has 3 heteroatoms. The van der Waals surface area contributed by atoms with Crippen molar-refractivity contribution in [1.82, 2.24) is 0 Å². The normalized spacial score (nSPS) is 10.4. The maximum absolute atomic E-state index is 12.7. The summed E-state index contributed by atoms with van der Waals surface area (Å²) in [6, 6.07) is 19.8. The highest BCUT2D eigenvalue weighted by Gasteiger charge is 2.14. The maximum Gasteiger partial charge on any atom is 0.343 e. The first-order valence-electron chi connectivity index (χ1n) is 8.45. The molecule has 0 spiro atoms. The maximum atomic E-state index is 12.7. The van der Waals surface area contributed by atoms with Crippen molar-refractivity contribution in [2.24, 2.45) is 0 Å². The zero-order chi connectivity index (χ0) is 18.7. The van der Waals surface area contributed by atoms with Gasteiger partial charge in [-0.05, 0) is 56.7 Å². The number of rotatable bonds is 4. The molecule has 0 amide bonds. The summed E-state index contributed by atoms with van der Waals surface area (Å²) >= 11 is 0. The average Bonchev–Trinajstić information content (AvgIpc) is 2.62. The van der Waals surface area contributed by atoms with Crippen LogP contribution in [0.1, 0.15) is 43.0 Å². The van der Waals surface area contributed by atoms with Gasteiger partial charge in [-0.25, -0.2) is 4.79 Å². The quantitative estimate of drug-likeness (QED) is 0.377. The van der Waals surface area contributed by atoms with E-state index in [1.54, 1.807) is 30.3 Å². The van der Waals surface area contributed by atoms with Gasteiger partial charge in [0, 0.05) is 11.1 Å². The molecule has 3 aromatic carbocycles. The highest BCUT2D eigenvalue weighted by atomic mass is 16.5. The van der Waals surface area contributed by atoms with Gasteiger partial charge in [-0.3, -0.25) is 4.79 Å². The summed E-state index contributed by atoms with van der Waals surface area (Å²) in [6.45, 7) is 5.78. The molecule has 26 heavy (non-hydrogen) atoms. The monoisotopic (exact) mass is 344 g/mol. The van der Waals surface area contributed by atoms with Gasteiger partial charge >= 0.3 is 5.97 Å². The van der Waals surface area contributed by atoms with Crippen molar-refractivity contribution in [2.45, 2.75) is 20.8 Å². The molecule has 0 N–H and O–H groups in total. The summed E-state index contributed by atoms with van der Waals surface area (Å²) in [6.07, 6.45) is 0. The molecule has 0 radical (unpaired) electrons. The largest absolute Gasteiger partial charge is 0.423 e. The van der Waals surface area contributed by atoms with Gasteiger partial charge in [0.25, 0.3) is 0 Å². The molecule has 0 saturated carbocycles. The molecule has 0 aliphatic heterocycles. The van der Waals surface area contributed by atoms with Crippen molar-refractivity contribution < 1.29 is 14.3 Å². The summed E-state index contributed by atoms with van der Waals surface area (Å²) in [5.74, 6) is -0.0329. The Morgan fingerprint density at radius 3 is 1.77 bits per heavy atom. The first-order valence-corrected chi connectivity index (χ1v) is 8.45. The molecular formula is C23H20O3. The molecule has 3 rings (SSSR count). The Kier molecular flexibility index (Phi) is 4.99. The van der Waals surface area contributed by atoms with E-state index in [2.05, 4.69) is 0 Å². The smallest absolute Gasteiger partial charge is 0.343 e. The fourth-order valence-electron chi connectivity index (χ4n) is 2.67. The van der Waals surface area contributed by atoms with Gasteiger partial charge in [-0.2, -0.15) is 0 Å². The lowest BCUT2D eigenvalue weighted by molar-refractivity contribution is 0.0734. The molecule has 0 aromatic heterocycles. The second kappa shape index (κ2) is 7.36. The van der Waals surface area contributed by atoms with Gasteiger partial charge in [-0.15, -0.1) is 0 Å². The third-order valence-electron chi connectivity index (χ3n) is 4.25. The summed E-state index contributed by atoms with van der Waals surface area (Å²) in [4.78, 5) is 24.9. The Hall–Kier alpha value is -3.20. The zero-order valence-corrected chi connectivity index (χ0v) is 15.1. The Labute approximate surface area is 153 Å². The number of esters is 1. The zero-order valence-electron chi connectivity index (χ0n) is 15.1. The molecule has 0 atom stereocenters. The number of carbonyl (C=O) groups excluding carboxylic acids is 2. The van der Waals surface area contributed by atoms with E-state index < -0.39 is 5.97 Å². The van der Waals surface area contributed by atoms with Crippen molar-refractivity contribution >= 4 is 11.8 Å². The number of ether oxygens (including phenoxy) is 1. The third-order valence-corrected chi connectivity index (χ3v) is 4.25. The first-order chi connectivity index (χ1) is 12.4. The minimum Gasteiger partial charge on any atom is -0.423 e. The summed E-state index contributed by atoms with van der Waals surface area (Å²) < 4.78 is 5.43. The molecule has 0 heterocycles. The van der Waals surface area contributed by atoms with Crippen LogP contribution in [0.3, 0.4) is 0 Å². The molecule has 0 bridgehead atoms. The van der Waals surface area contributed by atoms with E-state index in [1.807, 2.05) is 57.2 Å². The number of hydrogen-bond acceptors (Lipinski definition) is 3. The molecule has 0 saturated heterocycles. The van der Waals surface area contributed by atoms with Crippen LogP contribution < -0.4 is 4.74 Å². The van der Waals surface area contributed by atoms with E-state index >= 15 is 0 Å². The third kappa shape index (κ3) is 3.89. The van der Waals surface area contributed by atoms with Gasteiger partial charge in [0.05, 0.1) is 5.56 Å². The molecule has 0 fully saturated rings. The Bertz CT molecular complexity index is 952. The SMILES string of the molecule is Cc1ccc(C(=O)Oc2ccc(C(=O)c3ccc(C)cc3)c(C)c2)cc1. The van der Waals surface area contributed by atoms with E-state index in [1.165, 1.54) is 0 Å². The van der Waals surface area contributed by atoms with Gasteiger partial charge in [0.15, 0.2) is 5.78 Å². The fraction of sp³-hybridized carbons (Fsp3) is 0.130. The fourth-order valence-corrected chi connectivity index (χ4v) is 2.67. The van der Waals surface area contributed by atoms with E-state index in [-0.39, 0.29) is 5.78 Å². The van der Waals surface area contributed by atoms with E-state index in [9.17, 15) is 9.59 Å². The standard InChI is InChI=1S/C23H20O3/c1-15-4-8-18(9-5-15)22(24)21-13-12-20(14-17(21)3)26-23(25)19-10-6-16(2)7-11-19/h4-14H,1-3H3. The Morgan fingerprint density at radius 1 is 0.692 bits per heavy atom. The summed E-state index contributed by atoms with van der Waals surface area (Å²) in [5, 5.41) is 0. The van der Waals surface area contributed by atoms with Crippen LogP contribution in [0.15, 0.2) is 66.7 Å². The number of aryl methyl sites for hydroxylation is 3. The highest BCUT2D eigenvalue weighted by molar-refractivity contribution is 6.10. The number of hydrogen-bond donors (Lipinski definition) is 0. The molecular weight excluding hydrogens is 324 g/mol. The van der Waals surface area contributed by atoms with Crippen molar-refractivity contribution in [3.8, 4) is 5.75 Å². The average molecular weight is 344 g/mol. The predicted molar refractivity (Wildman–Crippen MR) is 102 cm³/mol. The topological polar surface area (TPSA) is 43.4 Å². The van der Waals surface area contributed by atoms with Crippen molar-refractivity contribution in [1.29, 1.82) is 0 Å². The van der Waals surface area contributed by atoms with Crippen molar-refractivity contribution in [3.63, 3.8) is 0 Å². The van der Waals surface area contributed by atoms with Crippen molar-refractivity contribution in [3.05, 3.63) is 100 Å². The number of benzene rings is 3. The summed E-state index contributed by atoms with van der Waals surface area (Å²) in [5.41, 5.74) is 4.69. The van der Waals surface area contributed by atoms with Crippen LogP contribution >= 0.6 is 0 Å². The molecule has 130 valence electrons. The lowest BCUT2D eigenvalue weighted by Gasteiger charge is -2.09. The van der Waals surface area contributed by atoms with Crippen LogP contribution in [0.25, 0.3) is 0 Å². The molecule has 3 nitrogen and oxygen atoms in total. The van der Waals surface area contributed by atoms with Crippen molar-refractivity contribution in [2.75, 3.05) is 0 Å². The van der Waals surface area contributed by atoms with E-state index in [4.69, 9.17) is 4.74 Å². The lowest BCUT2D eigenvalue weighted by atomic mass is 9.98. The molecule has 0 aliphatic rings. The molecule has 0 aliphatic carbocycles. The van der Waals surface area contributed by atoms with Crippen LogP contribution in [-0.2, 0) is 0 Å². The van der Waals surface area contributed by atoms with E-state index in [0.717, 1.165) is 16.7 Å². The van der Waals surface area contributed by atoms with Gasteiger partial charge < -0.3 is 4.74 Å². The number of ketones is 1. The van der Waals surface area contributed by atoms with Crippen LogP contribution in [0, 0.1) is 20.8 Å². The molecule has 3 aromatic rings. The molecule has 0 unspecified atom stereocenters. The van der Waals surface area contributed by atoms with E-state index in [0.29, 0.717) is 22.4 Å². The Balaban J connectivity index is 1.78. The Morgan fingerprint density at radius 2 is 1.23 bits per heavy atom. The van der Waals surface area contributed by atoms with Gasteiger partial charge in [0.2, 0.25) is 0 Å². The lowest BCUT2D eigenvalue weighted by Crippen LogP contribution is -2.09. The van der Waals surface area contributed by atoms with Gasteiger partial charge in [0.1, 0.15) is 5.75 Å². The first kappa shape index (κ1) is 17.6. The second-order valence-electron chi connectivity index (χ2n) is 6.43. The van der Waals surface area contributed by atoms with Crippen LogP contribution in [-0.4, -0.2) is 11.8 Å². The predicted octanol–water partition coefficient (Wildman–Crippen LogP) is 5.06. The summed E-state index contributed by atoms with van der Waals surface area (Å²) in [7, 11) is 0. The number of carbonyl (C=O) groups is 2. The second-order valence-corrected chi connectivity index (χ2v) is 6.43. The highest BCUT2D eigenvalue weighted by Crippen LogP contribution is 2.21. The minimum absolute atomic E-state index is 0.0427.